The molecule has 0 atom stereocenters. The molecule has 2 aliphatic rings. The minimum Gasteiger partial charge on any atom is -0.365 e. The van der Waals surface area contributed by atoms with Gasteiger partial charge < -0.3 is 10.2 Å². The lowest BCUT2D eigenvalue weighted by atomic mass is 9.87. The first kappa shape index (κ1) is 24.3. The molecule has 1 saturated heterocycles. The van der Waals surface area contributed by atoms with Gasteiger partial charge in [-0.25, -0.2) is 0 Å². The number of imide groups is 1. The van der Waals surface area contributed by atoms with E-state index in [1.165, 1.54) is 5.57 Å². The third-order valence-electron chi connectivity index (χ3n) is 6.19. The summed E-state index contributed by atoms with van der Waals surface area (Å²) in [5, 5.41) is 2.27. The Kier molecular flexibility index (Phi) is 6.48. The lowest BCUT2D eigenvalue weighted by Crippen LogP contribution is -2.42. The zero-order valence-electron chi connectivity index (χ0n) is 19.7. The van der Waals surface area contributed by atoms with Gasteiger partial charge in [-0.1, -0.05) is 22.0 Å². The standard InChI is InChI=1S/C26H26BrN3O3S/c1-15-10-21-20(16(2)13-26(3,4)29(21)5)11-17(15)12-22-24(32)30(25(33)34-22)14-23(31)28-19-8-6-18(27)7-9-19/h6-13H,14H2,1-5H3,(H,28,31)/b22-12+. The molecular formula is C26H26BrN3O3S. The van der Waals surface area contributed by atoms with Crippen molar-refractivity contribution < 1.29 is 14.4 Å². The van der Waals surface area contributed by atoms with Crippen molar-refractivity contribution in [3.05, 3.63) is 68.5 Å². The summed E-state index contributed by atoms with van der Waals surface area (Å²) in [7, 11) is 2.07. The van der Waals surface area contributed by atoms with Crippen molar-refractivity contribution in [2.24, 2.45) is 0 Å². The largest absolute Gasteiger partial charge is 0.365 e. The van der Waals surface area contributed by atoms with Crippen molar-refractivity contribution in [3.63, 3.8) is 0 Å². The first-order valence-corrected chi connectivity index (χ1v) is 12.5. The number of thioether (sulfide) groups is 1. The molecule has 176 valence electrons. The van der Waals surface area contributed by atoms with E-state index >= 15 is 0 Å². The number of hydrogen-bond donors (Lipinski definition) is 1. The maximum Gasteiger partial charge on any atom is 0.294 e. The van der Waals surface area contributed by atoms with E-state index in [-0.39, 0.29) is 12.1 Å². The molecule has 0 spiro atoms. The number of carbonyl (C=O) groups excluding carboxylic acids is 3. The van der Waals surface area contributed by atoms with Crippen molar-refractivity contribution in [3.8, 4) is 0 Å². The van der Waals surface area contributed by atoms with E-state index in [9.17, 15) is 14.4 Å². The number of aryl methyl sites for hydroxylation is 1. The van der Waals surface area contributed by atoms with Gasteiger partial charge in [0.2, 0.25) is 5.91 Å². The number of anilines is 2. The van der Waals surface area contributed by atoms with E-state index in [2.05, 4.69) is 72.2 Å². The highest BCUT2D eigenvalue weighted by molar-refractivity contribution is 9.10. The predicted molar refractivity (Wildman–Crippen MR) is 143 cm³/mol. The van der Waals surface area contributed by atoms with Gasteiger partial charge in [-0.15, -0.1) is 0 Å². The van der Waals surface area contributed by atoms with E-state index < -0.39 is 17.1 Å². The van der Waals surface area contributed by atoms with Crippen LogP contribution in [0.1, 0.15) is 37.5 Å². The Morgan fingerprint density at radius 1 is 1.15 bits per heavy atom. The van der Waals surface area contributed by atoms with Gasteiger partial charge in [0.05, 0.1) is 10.4 Å². The number of amides is 3. The Morgan fingerprint density at radius 2 is 1.82 bits per heavy atom. The van der Waals surface area contributed by atoms with E-state index in [0.29, 0.717) is 10.6 Å². The molecule has 2 aromatic carbocycles. The van der Waals surface area contributed by atoms with Crippen LogP contribution in [0.3, 0.4) is 0 Å². The normalized spacial score (nSPS) is 18.3. The molecule has 3 amide bonds. The third kappa shape index (κ3) is 4.70. The van der Waals surface area contributed by atoms with Crippen LogP contribution < -0.4 is 10.2 Å². The number of nitrogens with zero attached hydrogens (tertiary/aromatic N) is 2. The van der Waals surface area contributed by atoms with Crippen molar-refractivity contribution in [1.29, 1.82) is 0 Å². The second kappa shape index (κ2) is 9.07. The molecule has 8 heteroatoms. The third-order valence-corrected chi connectivity index (χ3v) is 7.63. The van der Waals surface area contributed by atoms with E-state index in [0.717, 1.165) is 43.5 Å². The molecule has 34 heavy (non-hydrogen) atoms. The zero-order valence-corrected chi connectivity index (χ0v) is 22.1. The molecule has 2 aliphatic heterocycles. The first-order valence-electron chi connectivity index (χ1n) is 10.9. The Balaban J connectivity index is 1.55. The number of rotatable bonds is 4. The average molecular weight is 540 g/mol. The molecular weight excluding hydrogens is 514 g/mol. The number of allylic oxidation sites excluding steroid dienone is 1. The maximum atomic E-state index is 13.0. The fourth-order valence-corrected chi connectivity index (χ4v) is 5.22. The number of halogens is 1. The second-order valence-corrected chi connectivity index (χ2v) is 11.0. The van der Waals surface area contributed by atoms with Crippen molar-refractivity contribution in [2.45, 2.75) is 33.2 Å². The monoisotopic (exact) mass is 539 g/mol. The van der Waals surface area contributed by atoms with Gasteiger partial charge in [0.25, 0.3) is 11.1 Å². The molecule has 1 fully saturated rings. The van der Waals surface area contributed by atoms with Crippen LogP contribution in [0.5, 0.6) is 0 Å². The summed E-state index contributed by atoms with van der Waals surface area (Å²) >= 11 is 4.21. The fourth-order valence-electron chi connectivity index (χ4n) is 4.13. The zero-order chi connectivity index (χ0) is 24.8. The predicted octanol–water partition coefficient (Wildman–Crippen LogP) is 6.06. The lowest BCUT2D eigenvalue weighted by molar-refractivity contribution is -0.127. The summed E-state index contributed by atoms with van der Waals surface area (Å²) in [4.78, 5) is 41.5. The minimum atomic E-state index is -0.455. The Labute approximate surface area is 212 Å². The van der Waals surface area contributed by atoms with Gasteiger partial charge in [0, 0.05) is 28.5 Å². The molecule has 0 aliphatic carbocycles. The van der Waals surface area contributed by atoms with Crippen LogP contribution in [-0.4, -0.2) is 41.1 Å². The summed E-state index contributed by atoms with van der Waals surface area (Å²) in [6.07, 6.45) is 3.98. The Bertz CT molecular complexity index is 1260. The molecule has 0 aromatic heterocycles. The summed E-state index contributed by atoms with van der Waals surface area (Å²) in [6.45, 7) is 8.10. The van der Waals surface area contributed by atoms with E-state index in [4.69, 9.17) is 0 Å². The minimum absolute atomic E-state index is 0.0927. The maximum absolute atomic E-state index is 13.0. The number of fused-ring (bicyclic) bond motifs is 1. The average Bonchev–Trinajstić information content (AvgIpc) is 3.02. The summed E-state index contributed by atoms with van der Waals surface area (Å²) in [5.74, 6) is -0.883. The summed E-state index contributed by atoms with van der Waals surface area (Å²) in [6, 6.07) is 11.3. The highest BCUT2D eigenvalue weighted by atomic mass is 79.9. The van der Waals surface area contributed by atoms with Crippen LogP contribution in [0.15, 0.2) is 51.9 Å². The number of carbonyl (C=O) groups is 3. The van der Waals surface area contributed by atoms with Crippen molar-refractivity contribution in [1.82, 2.24) is 4.90 Å². The van der Waals surface area contributed by atoms with Crippen LogP contribution in [0.25, 0.3) is 11.6 Å². The highest BCUT2D eigenvalue weighted by Gasteiger charge is 2.36. The van der Waals surface area contributed by atoms with Crippen molar-refractivity contribution >= 4 is 67.8 Å². The molecule has 0 saturated carbocycles. The van der Waals surface area contributed by atoms with Gasteiger partial charge in [-0.05, 0) is 98.6 Å². The molecule has 0 unspecified atom stereocenters. The van der Waals surface area contributed by atoms with Crippen LogP contribution in [-0.2, 0) is 9.59 Å². The fraction of sp³-hybridized carbons (Fsp3) is 0.269. The summed E-state index contributed by atoms with van der Waals surface area (Å²) < 4.78 is 0.889. The van der Waals surface area contributed by atoms with Gasteiger partial charge in [0.15, 0.2) is 0 Å². The molecule has 6 nitrogen and oxygen atoms in total. The molecule has 2 aromatic rings. The van der Waals surface area contributed by atoms with Crippen LogP contribution >= 0.6 is 27.7 Å². The Morgan fingerprint density at radius 3 is 2.50 bits per heavy atom. The number of hydrogen-bond acceptors (Lipinski definition) is 5. The molecule has 0 bridgehead atoms. The second-order valence-electron chi connectivity index (χ2n) is 9.09. The van der Waals surface area contributed by atoms with Crippen LogP contribution in [0.4, 0.5) is 16.2 Å². The van der Waals surface area contributed by atoms with E-state index in [1.54, 1.807) is 30.3 Å². The summed E-state index contributed by atoms with van der Waals surface area (Å²) in [5.41, 5.74) is 5.80. The van der Waals surface area contributed by atoms with Gasteiger partial charge in [-0.2, -0.15) is 0 Å². The molecule has 4 rings (SSSR count). The van der Waals surface area contributed by atoms with Gasteiger partial charge in [-0.3, -0.25) is 19.3 Å². The van der Waals surface area contributed by atoms with Crippen LogP contribution in [0, 0.1) is 6.92 Å². The Hall–Kier alpha value is -2.84. The molecule has 1 N–H and O–H groups in total. The quantitative estimate of drug-likeness (QED) is 0.478. The number of likely N-dealkylation sites (N-methyl/N-ethyl adjacent to an activating group) is 1. The smallest absolute Gasteiger partial charge is 0.294 e. The van der Waals surface area contributed by atoms with Gasteiger partial charge >= 0.3 is 0 Å². The lowest BCUT2D eigenvalue weighted by Gasteiger charge is -2.41. The van der Waals surface area contributed by atoms with E-state index in [1.807, 2.05) is 6.92 Å². The number of benzene rings is 2. The van der Waals surface area contributed by atoms with Gasteiger partial charge in [0.1, 0.15) is 6.54 Å². The highest BCUT2D eigenvalue weighted by Crippen LogP contribution is 2.40. The first-order chi connectivity index (χ1) is 16.0. The number of nitrogens with one attached hydrogen (secondary N) is 1. The molecule has 0 radical (unpaired) electrons. The van der Waals surface area contributed by atoms with Crippen molar-refractivity contribution in [2.75, 3.05) is 23.8 Å². The SMILES string of the molecule is CC1=CC(C)(C)N(C)c2cc(C)c(/C=C3/SC(=O)N(CC(=O)Nc4ccc(Br)cc4)C3=O)cc21. The van der Waals surface area contributed by atoms with Crippen LogP contribution in [0.2, 0.25) is 0 Å². The topological polar surface area (TPSA) is 69.7 Å². The molecule has 2 heterocycles.